The van der Waals surface area contributed by atoms with Crippen molar-refractivity contribution in [3.8, 4) is 0 Å². The molecule has 0 bridgehead atoms. The molecule has 0 atom stereocenters. The highest BCUT2D eigenvalue weighted by Gasteiger charge is 2.60. The Morgan fingerprint density at radius 1 is 1.43 bits per heavy atom. The lowest BCUT2D eigenvalue weighted by Gasteiger charge is -2.44. The molecule has 14 heavy (non-hydrogen) atoms. The molecule has 1 aliphatic carbocycles. The van der Waals surface area contributed by atoms with Gasteiger partial charge in [-0.15, -0.1) is 0 Å². The summed E-state index contributed by atoms with van der Waals surface area (Å²) in [5.74, 6) is -3.87. The molecule has 0 spiro atoms. The van der Waals surface area contributed by atoms with Crippen LogP contribution in [-0.2, 0) is 4.79 Å². The number of carboxylic acid groups (broad SMARTS) is 1. The maximum atomic E-state index is 12.6. The molecule has 1 fully saturated rings. The minimum Gasteiger partial charge on any atom is -0.481 e. The average molecular weight is 207 g/mol. The molecule has 0 aromatic rings. The Kier molecular flexibility index (Phi) is 2.81. The standard InChI is InChI=1S/C9H15F2NO2/c1-12(2)4-3-8(7(13)14)5-9(10,11)6-8/h3-6H2,1-2H3,(H,13,14). The molecule has 1 rings (SSSR count). The van der Waals surface area contributed by atoms with Crippen LogP contribution in [0, 0.1) is 5.41 Å². The van der Waals surface area contributed by atoms with Crippen LogP contribution in [0.1, 0.15) is 19.3 Å². The topological polar surface area (TPSA) is 40.5 Å². The van der Waals surface area contributed by atoms with E-state index in [2.05, 4.69) is 0 Å². The molecule has 0 heterocycles. The molecular weight excluding hydrogens is 192 g/mol. The molecule has 0 saturated heterocycles. The third-order valence-corrected chi connectivity index (χ3v) is 2.69. The van der Waals surface area contributed by atoms with Crippen molar-refractivity contribution in [3.63, 3.8) is 0 Å². The summed E-state index contributed by atoms with van der Waals surface area (Å²) in [4.78, 5) is 12.7. The lowest BCUT2D eigenvalue weighted by atomic mass is 9.64. The number of aliphatic carboxylic acids is 1. The number of nitrogens with zero attached hydrogens (tertiary/aromatic N) is 1. The van der Waals surface area contributed by atoms with Crippen molar-refractivity contribution in [1.29, 1.82) is 0 Å². The van der Waals surface area contributed by atoms with Gasteiger partial charge in [-0.25, -0.2) is 8.78 Å². The smallest absolute Gasteiger partial charge is 0.310 e. The second kappa shape index (κ2) is 3.46. The van der Waals surface area contributed by atoms with E-state index in [0.717, 1.165) is 0 Å². The van der Waals surface area contributed by atoms with Crippen molar-refractivity contribution >= 4 is 5.97 Å². The van der Waals surface area contributed by atoms with Gasteiger partial charge in [0, 0.05) is 12.8 Å². The molecule has 3 nitrogen and oxygen atoms in total. The average Bonchev–Trinajstić information content (AvgIpc) is 1.95. The fraction of sp³-hybridized carbons (Fsp3) is 0.889. The Morgan fingerprint density at radius 2 is 1.93 bits per heavy atom. The quantitative estimate of drug-likeness (QED) is 0.758. The van der Waals surface area contributed by atoms with E-state index in [0.29, 0.717) is 13.0 Å². The molecule has 0 radical (unpaired) electrons. The zero-order chi connectivity index (χ0) is 11.0. The van der Waals surface area contributed by atoms with Gasteiger partial charge in [-0.2, -0.15) is 0 Å². The first-order chi connectivity index (χ1) is 6.27. The van der Waals surface area contributed by atoms with Crippen LogP contribution in [-0.4, -0.2) is 42.5 Å². The van der Waals surface area contributed by atoms with Crippen LogP contribution in [0.3, 0.4) is 0 Å². The number of hydrogen-bond acceptors (Lipinski definition) is 2. The normalized spacial score (nSPS) is 23.2. The van der Waals surface area contributed by atoms with E-state index < -0.39 is 30.1 Å². The monoisotopic (exact) mass is 207 g/mol. The highest BCUT2D eigenvalue weighted by molar-refractivity contribution is 5.76. The molecule has 1 N–H and O–H groups in total. The van der Waals surface area contributed by atoms with Crippen molar-refractivity contribution in [1.82, 2.24) is 4.90 Å². The fourth-order valence-electron chi connectivity index (χ4n) is 1.81. The lowest BCUT2D eigenvalue weighted by Crippen LogP contribution is -2.52. The second-order valence-corrected chi connectivity index (χ2v) is 4.35. The molecule has 0 aromatic heterocycles. The summed E-state index contributed by atoms with van der Waals surface area (Å²) in [5.41, 5.74) is -1.19. The summed E-state index contributed by atoms with van der Waals surface area (Å²) < 4.78 is 25.3. The van der Waals surface area contributed by atoms with Gasteiger partial charge in [0.05, 0.1) is 5.41 Å². The van der Waals surface area contributed by atoms with Crippen molar-refractivity contribution < 1.29 is 18.7 Å². The molecule has 1 saturated carbocycles. The van der Waals surface area contributed by atoms with Gasteiger partial charge in [-0.05, 0) is 27.1 Å². The predicted octanol–water partition coefficient (Wildman–Crippen LogP) is 1.44. The highest BCUT2D eigenvalue weighted by Crippen LogP contribution is 2.54. The van der Waals surface area contributed by atoms with E-state index in [-0.39, 0.29) is 0 Å². The zero-order valence-corrected chi connectivity index (χ0v) is 8.39. The van der Waals surface area contributed by atoms with Gasteiger partial charge in [-0.3, -0.25) is 4.79 Å². The second-order valence-electron chi connectivity index (χ2n) is 4.35. The van der Waals surface area contributed by atoms with Crippen LogP contribution in [0.4, 0.5) is 8.78 Å². The highest BCUT2D eigenvalue weighted by atomic mass is 19.3. The maximum Gasteiger partial charge on any atom is 0.310 e. The summed E-state index contributed by atoms with van der Waals surface area (Å²) in [6.45, 7) is 0.530. The Balaban J connectivity index is 2.55. The first-order valence-electron chi connectivity index (χ1n) is 4.53. The molecule has 0 aromatic carbocycles. The minimum absolute atomic E-state index is 0.297. The van der Waals surface area contributed by atoms with Gasteiger partial charge < -0.3 is 10.0 Å². The van der Waals surface area contributed by atoms with Gasteiger partial charge in [0.1, 0.15) is 0 Å². The summed E-state index contributed by atoms with van der Waals surface area (Å²) in [5, 5.41) is 8.88. The summed E-state index contributed by atoms with van der Waals surface area (Å²) in [7, 11) is 3.60. The molecule has 5 heteroatoms. The van der Waals surface area contributed by atoms with Crippen LogP contribution in [0.25, 0.3) is 0 Å². The summed E-state index contributed by atoms with van der Waals surface area (Å²) in [6, 6.07) is 0. The van der Waals surface area contributed by atoms with Crippen LogP contribution < -0.4 is 0 Å². The SMILES string of the molecule is CN(C)CCC1(C(=O)O)CC(F)(F)C1. The van der Waals surface area contributed by atoms with E-state index in [1.165, 1.54) is 0 Å². The third-order valence-electron chi connectivity index (χ3n) is 2.69. The van der Waals surface area contributed by atoms with Gasteiger partial charge in [0.2, 0.25) is 5.92 Å². The lowest BCUT2D eigenvalue weighted by molar-refractivity contribution is -0.195. The van der Waals surface area contributed by atoms with Gasteiger partial charge in [0.25, 0.3) is 0 Å². The summed E-state index contributed by atoms with van der Waals surface area (Å²) in [6.07, 6.45) is -0.725. The minimum atomic E-state index is -2.77. The Bertz CT molecular complexity index is 233. The van der Waals surface area contributed by atoms with Gasteiger partial charge in [0.15, 0.2) is 0 Å². The molecule has 82 valence electrons. The van der Waals surface area contributed by atoms with E-state index in [1.54, 1.807) is 19.0 Å². The van der Waals surface area contributed by atoms with E-state index in [9.17, 15) is 13.6 Å². The van der Waals surface area contributed by atoms with Gasteiger partial charge >= 0.3 is 5.97 Å². The number of alkyl halides is 2. The van der Waals surface area contributed by atoms with E-state index >= 15 is 0 Å². The Hall–Kier alpha value is -0.710. The summed E-state index contributed by atoms with van der Waals surface area (Å²) >= 11 is 0. The molecule has 0 unspecified atom stereocenters. The maximum absolute atomic E-state index is 12.6. The number of halogens is 2. The van der Waals surface area contributed by atoms with Crippen molar-refractivity contribution in [2.75, 3.05) is 20.6 Å². The van der Waals surface area contributed by atoms with Crippen LogP contribution >= 0.6 is 0 Å². The van der Waals surface area contributed by atoms with Crippen LogP contribution in [0.15, 0.2) is 0 Å². The first kappa shape index (κ1) is 11.4. The van der Waals surface area contributed by atoms with Crippen molar-refractivity contribution in [2.45, 2.75) is 25.2 Å². The molecular formula is C9H15F2NO2. The van der Waals surface area contributed by atoms with E-state index in [1.807, 2.05) is 0 Å². The zero-order valence-electron chi connectivity index (χ0n) is 8.39. The first-order valence-corrected chi connectivity index (χ1v) is 4.53. The number of carbonyl (C=O) groups is 1. The van der Waals surface area contributed by atoms with Gasteiger partial charge in [-0.1, -0.05) is 0 Å². The number of rotatable bonds is 4. The van der Waals surface area contributed by atoms with Crippen molar-refractivity contribution in [3.05, 3.63) is 0 Å². The molecule has 1 aliphatic rings. The van der Waals surface area contributed by atoms with Crippen LogP contribution in [0.2, 0.25) is 0 Å². The third kappa shape index (κ3) is 2.20. The predicted molar refractivity (Wildman–Crippen MR) is 47.4 cm³/mol. The fourth-order valence-corrected chi connectivity index (χ4v) is 1.81. The number of carboxylic acids is 1. The largest absolute Gasteiger partial charge is 0.481 e. The van der Waals surface area contributed by atoms with E-state index in [4.69, 9.17) is 5.11 Å². The van der Waals surface area contributed by atoms with Crippen molar-refractivity contribution in [2.24, 2.45) is 5.41 Å². The molecule has 0 aliphatic heterocycles. The number of hydrogen-bond donors (Lipinski definition) is 1. The Morgan fingerprint density at radius 3 is 2.21 bits per heavy atom. The van der Waals surface area contributed by atoms with Crippen LogP contribution in [0.5, 0.6) is 0 Å². The molecule has 0 amide bonds. The Labute approximate surface area is 81.7 Å².